The Morgan fingerprint density at radius 3 is 2.12 bits per heavy atom. The molecule has 0 saturated heterocycles. The van der Waals surface area contributed by atoms with Gasteiger partial charge in [-0.25, -0.2) is 0 Å². The number of nitrogens with one attached hydrogen (secondary N) is 1. The van der Waals surface area contributed by atoms with Crippen LogP contribution in [0.3, 0.4) is 0 Å². The van der Waals surface area contributed by atoms with E-state index in [1.165, 1.54) is 0 Å². The number of aromatic hydroxyl groups is 1. The van der Waals surface area contributed by atoms with E-state index in [0.717, 1.165) is 5.75 Å². The summed E-state index contributed by atoms with van der Waals surface area (Å²) in [5.41, 5.74) is 2.47. The average Bonchev–Trinajstić information content (AvgIpc) is 2.19. The standard InChI is InChI=1S/C8H12N2O2.H2O4S/c9-10-5-6-12-8-3-1-7(11)2-4-8;1-5(2,3)4/h1-4,10-11H,5-6,9H2;(H2,1,2,3,4). The van der Waals surface area contributed by atoms with Gasteiger partial charge in [-0.1, -0.05) is 0 Å². The number of hydrogen-bond donors (Lipinski definition) is 5. The summed E-state index contributed by atoms with van der Waals surface area (Å²) in [6, 6.07) is 6.55. The molecule has 0 spiro atoms. The monoisotopic (exact) mass is 266 g/mol. The fourth-order valence-corrected chi connectivity index (χ4v) is 0.770. The third kappa shape index (κ3) is 12.5. The van der Waals surface area contributed by atoms with Gasteiger partial charge in [-0.05, 0) is 24.3 Å². The van der Waals surface area contributed by atoms with Crippen LogP contribution in [0.25, 0.3) is 0 Å². The third-order valence-corrected chi connectivity index (χ3v) is 1.35. The lowest BCUT2D eigenvalue weighted by atomic mass is 10.3. The van der Waals surface area contributed by atoms with Gasteiger partial charge in [0.1, 0.15) is 18.1 Å². The van der Waals surface area contributed by atoms with E-state index in [2.05, 4.69) is 5.43 Å². The minimum absolute atomic E-state index is 0.235. The van der Waals surface area contributed by atoms with E-state index >= 15 is 0 Å². The van der Waals surface area contributed by atoms with Gasteiger partial charge < -0.3 is 9.84 Å². The number of ether oxygens (including phenoxy) is 1. The lowest BCUT2D eigenvalue weighted by Crippen LogP contribution is -2.27. The zero-order chi connectivity index (χ0) is 13.3. The predicted octanol–water partition coefficient (Wildman–Crippen LogP) is -0.418. The summed E-state index contributed by atoms with van der Waals surface area (Å²) in [7, 11) is -4.67. The van der Waals surface area contributed by atoms with Gasteiger partial charge in [-0.15, -0.1) is 0 Å². The van der Waals surface area contributed by atoms with Crippen molar-refractivity contribution in [3.63, 3.8) is 0 Å². The molecule has 0 unspecified atom stereocenters. The summed E-state index contributed by atoms with van der Waals surface area (Å²) < 4.78 is 36.8. The molecule has 0 aliphatic rings. The van der Waals surface area contributed by atoms with Gasteiger partial charge in [0.05, 0.1) is 0 Å². The van der Waals surface area contributed by atoms with Crippen molar-refractivity contribution in [2.75, 3.05) is 13.2 Å². The molecule has 0 aromatic heterocycles. The number of benzene rings is 1. The first-order valence-electron chi connectivity index (χ1n) is 4.38. The van der Waals surface area contributed by atoms with Crippen LogP contribution in [-0.4, -0.2) is 35.8 Å². The molecular weight excluding hydrogens is 252 g/mol. The minimum Gasteiger partial charge on any atom is -0.508 e. The molecule has 0 aliphatic heterocycles. The molecule has 0 amide bonds. The van der Waals surface area contributed by atoms with Crippen LogP contribution < -0.4 is 16.0 Å². The highest BCUT2D eigenvalue weighted by atomic mass is 32.3. The molecular formula is C8H14N2O6S. The topological polar surface area (TPSA) is 142 Å². The molecule has 1 rings (SSSR count). The second kappa shape index (κ2) is 7.81. The second-order valence-corrected chi connectivity index (χ2v) is 3.64. The average molecular weight is 266 g/mol. The number of phenols is 1. The van der Waals surface area contributed by atoms with E-state index < -0.39 is 10.4 Å². The molecule has 1 aromatic rings. The molecule has 0 radical (unpaired) electrons. The molecule has 0 saturated carbocycles. The largest absolute Gasteiger partial charge is 0.508 e. The predicted molar refractivity (Wildman–Crippen MR) is 60.0 cm³/mol. The fraction of sp³-hybridized carbons (Fsp3) is 0.250. The van der Waals surface area contributed by atoms with Crippen molar-refractivity contribution in [3.8, 4) is 11.5 Å². The van der Waals surface area contributed by atoms with Crippen molar-refractivity contribution >= 4 is 10.4 Å². The third-order valence-electron chi connectivity index (χ3n) is 1.35. The number of hydrogen-bond acceptors (Lipinski definition) is 6. The van der Waals surface area contributed by atoms with Gasteiger partial charge in [-0.2, -0.15) is 8.42 Å². The van der Waals surface area contributed by atoms with Gasteiger partial charge in [-0.3, -0.25) is 20.4 Å². The van der Waals surface area contributed by atoms with Crippen molar-refractivity contribution < 1.29 is 27.4 Å². The van der Waals surface area contributed by atoms with Crippen LogP contribution in [-0.2, 0) is 10.4 Å². The molecule has 0 aliphatic carbocycles. The second-order valence-electron chi connectivity index (χ2n) is 2.74. The Bertz CT molecular complexity index is 397. The van der Waals surface area contributed by atoms with Crippen LogP contribution in [0.2, 0.25) is 0 Å². The molecule has 6 N–H and O–H groups in total. The van der Waals surface area contributed by atoms with Crippen molar-refractivity contribution in [3.05, 3.63) is 24.3 Å². The van der Waals surface area contributed by atoms with E-state index in [1.54, 1.807) is 24.3 Å². The Labute approximate surface area is 98.6 Å². The van der Waals surface area contributed by atoms with Crippen molar-refractivity contribution in [2.45, 2.75) is 0 Å². The first-order valence-corrected chi connectivity index (χ1v) is 5.78. The number of hydrazine groups is 1. The van der Waals surface area contributed by atoms with Crippen LogP contribution in [0.15, 0.2) is 24.3 Å². The smallest absolute Gasteiger partial charge is 0.394 e. The van der Waals surface area contributed by atoms with E-state index in [1.807, 2.05) is 0 Å². The zero-order valence-electron chi connectivity index (χ0n) is 8.78. The number of phenolic OH excluding ortho intramolecular Hbond substituents is 1. The molecule has 17 heavy (non-hydrogen) atoms. The summed E-state index contributed by atoms with van der Waals surface area (Å²) in [6.45, 7) is 1.11. The van der Waals surface area contributed by atoms with E-state index in [-0.39, 0.29) is 5.75 Å². The summed E-state index contributed by atoms with van der Waals surface area (Å²) in [5, 5.41) is 8.94. The first kappa shape index (κ1) is 15.6. The number of rotatable bonds is 4. The Hall–Kier alpha value is -1.39. The SMILES string of the molecule is NNCCOc1ccc(O)cc1.O=S(=O)(O)O. The summed E-state index contributed by atoms with van der Waals surface area (Å²) in [5.74, 6) is 6.01. The normalized spacial score (nSPS) is 10.3. The Kier molecular flexibility index (Phi) is 7.18. The maximum absolute atomic E-state index is 8.94. The van der Waals surface area contributed by atoms with Gasteiger partial charge in [0, 0.05) is 6.54 Å². The van der Waals surface area contributed by atoms with Crippen LogP contribution in [0.5, 0.6) is 11.5 Å². The van der Waals surface area contributed by atoms with Crippen LogP contribution in [0.1, 0.15) is 0 Å². The van der Waals surface area contributed by atoms with E-state index in [4.69, 9.17) is 33.2 Å². The molecule has 0 heterocycles. The lowest BCUT2D eigenvalue weighted by molar-refractivity contribution is 0.314. The summed E-state index contributed by atoms with van der Waals surface area (Å²) in [4.78, 5) is 0. The van der Waals surface area contributed by atoms with Crippen molar-refractivity contribution in [1.82, 2.24) is 5.43 Å². The highest BCUT2D eigenvalue weighted by Crippen LogP contribution is 2.15. The Balaban J connectivity index is 0.000000437. The molecule has 98 valence electrons. The van der Waals surface area contributed by atoms with Gasteiger partial charge in [0.15, 0.2) is 0 Å². The molecule has 1 aromatic carbocycles. The molecule has 0 bridgehead atoms. The Morgan fingerprint density at radius 1 is 1.24 bits per heavy atom. The molecule has 0 fully saturated rings. The van der Waals surface area contributed by atoms with E-state index in [9.17, 15) is 0 Å². The highest BCUT2D eigenvalue weighted by molar-refractivity contribution is 7.79. The summed E-state index contributed by atoms with van der Waals surface area (Å²) >= 11 is 0. The van der Waals surface area contributed by atoms with E-state index in [0.29, 0.717) is 13.2 Å². The van der Waals surface area contributed by atoms with Crippen LogP contribution in [0, 0.1) is 0 Å². The fourth-order valence-electron chi connectivity index (χ4n) is 0.770. The maximum atomic E-state index is 8.94. The molecule has 9 heteroatoms. The van der Waals surface area contributed by atoms with Crippen molar-refractivity contribution in [2.24, 2.45) is 5.84 Å². The number of nitrogens with two attached hydrogens (primary N) is 1. The van der Waals surface area contributed by atoms with Crippen LogP contribution in [0.4, 0.5) is 0 Å². The maximum Gasteiger partial charge on any atom is 0.394 e. The zero-order valence-corrected chi connectivity index (χ0v) is 9.59. The quantitative estimate of drug-likeness (QED) is 0.214. The van der Waals surface area contributed by atoms with Crippen LogP contribution >= 0.6 is 0 Å². The van der Waals surface area contributed by atoms with Gasteiger partial charge in [0.2, 0.25) is 0 Å². The van der Waals surface area contributed by atoms with Gasteiger partial charge in [0.25, 0.3) is 0 Å². The lowest BCUT2D eigenvalue weighted by Gasteiger charge is -2.04. The first-order chi connectivity index (χ1) is 7.83. The summed E-state index contributed by atoms with van der Waals surface area (Å²) in [6.07, 6.45) is 0. The molecule has 8 nitrogen and oxygen atoms in total. The Morgan fingerprint density at radius 2 is 1.71 bits per heavy atom. The van der Waals surface area contributed by atoms with Gasteiger partial charge >= 0.3 is 10.4 Å². The van der Waals surface area contributed by atoms with Crippen molar-refractivity contribution in [1.29, 1.82) is 0 Å². The minimum atomic E-state index is -4.67. The highest BCUT2D eigenvalue weighted by Gasteiger charge is 1.92. The molecule has 0 atom stereocenters.